The van der Waals surface area contributed by atoms with Crippen LogP contribution in [0.1, 0.15) is 5.76 Å². The summed E-state index contributed by atoms with van der Waals surface area (Å²) >= 11 is 8.16. The van der Waals surface area contributed by atoms with Crippen LogP contribution in [-0.4, -0.2) is 2.78 Å². The molecule has 4 nitrogen and oxygen atoms in total. The molecule has 0 amide bonds. The summed E-state index contributed by atoms with van der Waals surface area (Å²) in [5, 5.41) is 4.70. The zero-order valence-corrected chi connectivity index (χ0v) is 11.7. The molecular weight excluding hydrogens is 354 g/mol. The molecule has 3 rings (SSSR count). The molecule has 0 fully saturated rings. The second kappa shape index (κ2) is 3.71. The smallest absolute Gasteiger partial charge is 0.267 e. The van der Waals surface area contributed by atoms with E-state index in [9.17, 15) is 4.79 Å². The van der Waals surface area contributed by atoms with Crippen LogP contribution >= 0.6 is 34.5 Å². The second-order valence-corrected chi connectivity index (χ2v) is 5.10. The Labute approximate surface area is 115 Å². The van der Waals surface area contributed by atoms with Crippen molar-refractivity contribution in [2.45, 2.75) is 6.92 Å². The van der Waals surface area contributed by atoms with Gasteiger partial charge in [-0.3, -0.25) is 4.79 Å². The maximum atomic E-state index is 12.2. The minimum Gasteiger partial charge on any atom is -0.267 e. The molecule has 0 bridgehead atoms. The maximum Gasteiger partial charge on any atom is 0.277 e. The molecule has 0 unspecified atom stereocenters. The zero-order valence-electron chi connectivity index (χ0n) is 8.75. The van der Waals surface area contributed by atoms with E-state index in [-0.39, 0.29) is 5.56 Å². The topological polar surface area (TPSA) is 49.3 Å². The Hall–Kier alpha value is -1.08. The van der Waals surface area contributed by atoms with Crippen molar-refractivity contribution < 1.29 is 9.68 Å². The van der Waals surface area contributed by atoms with Gasteiger partial charge in [0.15, 0.2) is 11.1 Å². The van der Waals surface area contributed by atoms with Crippen LogP contribution in [0, 0.1) is 6.92 Å². The lowest BCUT2D eigenvalue weighted by atomic mass is 10.1. The Kier molecular flexibility index (Phi) is 2.41. The van der Waals surface area contributed by atoms with Crippen molar-refractivity contribution in [1.82, 2.24) is 2.78 Å². The van der Waals surface area contributed by atoms with E-state index in [0.29, 0.717) is 21.7 Å². The Morgan fingerprint density at radius 1 is 1.41 bits per heavy atom. The van der Waals surface area contributed by atoms with Crippen molar-refractivity contribution in [3.63, 3.8) is 0 Å². The van der Waals surface area contributed by atoms with Crippen molar-refractivity contribution >= 4 is 56.3 Å². The average Bonchev–Trinajstić information content (AvgIpc) is 2.68. The summed E-state index contributed by atoms with van der Waals surface area (Å²) in [4.78, 5) is 12.2. The molecule has 6 heteroatoms. The van der Waals surface area contributed by atoms with Crippen molar-refractivity contribution in [2.75, 3.05) is 0 Å². The van der Waals surface area contributed by atoms with Crippen molar-refractivity contribution in [3.05, 3.63) is 39.3 Å². The molecule has 0 saturated carbocycles. The average molecular weight is 362 g/mol. The molecule has 1 aromatic carbocycles. The van der Waals surface area contributed by atoms with Gasteiger partial charge in [0, 0.05) is 6.92 Å². The maximum absolute atomic E-state index is 12.2. The van der Waals surface area contributed by atoms with Gasteiger partial charge in [-0.1, -0.05) is 17.7 Å². The van der Waals surface area contributed by atoms with E-state index in [0.717, 1.165) is 10.9 Å². The fraction of sp³-hybridized carbons (Fsp3) is 0.0909. The summed E-state index contributed by atoms with van der Waals surface area (Å²) in [6, 6.07) is 5.46. The zero-order chi connectivity index (χ0) is 12.2. The molecule has 0 aliphatic carbocycles. The van der Waals surface area contributed by atoms with Crippen LogP contribution < -0.4 is 10.7 Å². The monoisotopic (exact) mass is 361 g/mol. The number of pyridine rings is 1. The van der Waals surface area contributed by atoms with Gasteiger partial charge in [-0.2, -0.15) is 0 Å². The van der Waals surface area contributed by atoms with Crippen LogP contribution in [0.5, 0.6) is 0 Å². The Bertz CT molecular complexity index is 806. The van der Waals surface area contributed by atoms with Gasteiger partial charge in [-0.05, 0) is 17.3 Å². The first-order chi connectivity index (χ1) is 8.11. The van der Waals surface area contributed by atoms with Gasteiger partial charge in [0.2, 0.25) is 0 Å². The van der Waals surface area contributed by atoms with Gasteiger partial charge in [-0.15, -0.1) is 0 Å². The van der Waals surface area contributed by atoms with Gasteiger partial charge in [0.1, 0.15) is 0 Å². The van der Waals surface area contributed by atoms with E-state index in [1.165, 1.54) is 0 Å². The fourth-order valence-corrected chi connectivity index (χ4v) is 2.88. The summed E-state index contributed by atoms with van der Waals surface area (Å²) in [5.41, 5.74) is 1.33. The van der Waals surface area contributed by atoms with E-state index in [1.54, 1.807) is 15.8 Å². The number of hydrogen-bond acceptors (Lipinski definition) is 2. The Morgan fingerprint density at radius 2 is 2.18 bits per heavy atom. The van der Waals surface area contributed by atoms with Crippen molar-refractivity contribution in [2.24, 2.45) is 0 Å². The van der Waals surface area contributed by atoms with Crippen LogP contribution in [0.3, 0.4) is 0 Å². The predicted molar refractivity (Wildman–Crippen MR) is 73.7 cm³/mol. The lowest BCUT2D eigenvalue weighted by Crippen LogP contribution is -2.14. The predicted octanol–water partition coefficient (Wildman–Crippen LogP) is 2.72. The largest absolute Gasteiger partial charge is 0.277 e. The van der Waals surface area contributed by atoms with E-state index in [4.69, 9.17) is 16.1 Å². The highest BCUT2D eigenvalue weighted by atomic mass is 127. The number of aryl methyl sites for hydroxylation is 1. The van der Waals surface area contributed by atoms with Crippen molar-refractivity contribution in [1.29, 1.82) is 0 Å². The normalized spacial score (nSPS) is 11.5. The first-order valence-electron chi connectivity index (χ1n) is 4.91. The fourth-order valence-electron chi connectivity index (χ4n) is 1.97. The molecular formula is C11H7ClIN2O2+. The molecule has 17 heavy (non-hydrogen) atoms. The number of halogens is 2. The summed E-state index contributed by atoms with van der Waals surface area (Å²) in [7, 11) is 0. The highest BCUT2D eigenvalue weighted by Gasteiger charge is 2.22. The number of benzene rings is 1. The molecule has 1 N–H and O–H groups in total. The molecule has 2 heterocycles. The molecule has 0 atom stereocenters. The standard InChI is InChI=1S/C11H6ClIN2O2/c1-5-8-10(14-17-5)9-6(12)3-2-4-7(9)15(13)11(8)16/h2-4H,1H3/p+1. The third kappa shape index (κ3) is 1.42. The number of rotatable bonds is 0. The third-order valence-electron chi connectivity index (χ3n) is 2.75. The number of nitrogens with zero attached hydrogens (tertiary/aromatic N) is 1. The van der Waals surface area contributed by atoms with Gasteiger partial charge in [0.05, 0.1) is 38.8 Å². The van der Waals surface area contributed by atoms with Crippen molar-refractivity contribution in [3.8, 4) is 0 Å². The number of fused-ring (bicyclic) bond motifs is 3. The number of aromatic nitrogens is 2. The molecule has 2 aromatic heterocycles. The van der Waals surface area contributed by atoms with E-state index < -0.39 is 0 Å². The van der Waals surface area contributed by atoms with Gasteiger partial charge < -0.3 is 0 Å². The molecule has 0 radical (unpaired) electrons. The number of nitrogens with one attached hydrogen (secondary N) is 1. The first kappa shape index (κ1) is 11.0. The molecule has 0 aliphatic heterocycles. The second-order valence-electron chi connectivity index (χ2n) is 3.73. The number of aromatic amines is 1. The van der Waals surface area contributed by atoms with E-state index >= 15 is 0 Å². The van der Waals surface area contributed by atoms with Gasteiger partial charge >= 0.3 is 0 Å². The van der Waals surface area contributed by atoms with Crippen LogP contribution in [0.25, 0.3) is 21.8 Å². The molecule has 0 saturated heterocycles. The first-order valence-corrected chi connectivity index (χ1v) is 6.25. The SMILES string of the molecule is Cc1o[nH+]c2c1c(=O)n(I)c1cccc(Cl)c21. The summed E-state index contributed by atoms with van der Waals surface area (Å²) in [6.45, 7) is 1.75. The van der Waals surface area contributed by atoms with Gasteiger partial charge in [0.25, 0.3) is 11.1 Å². The minimum atomic E-state index is -0.0992. The third-order valence-corrected chi connectivity index (χ3v) is 4.03. The summed E-state index contributed by atoms with van der Waals surface area (Å²) in [6.07, 6.45) is 0. The summed E-state index contributed by atoms with van der Waals surface area (Å²) < 4.78 is 6.77. The highest BCUT2D eigenvalue weighted by Crippen LogP contribution is 2.28. The summed E-state index contributed by atoms with van der Waals surface area (Å²) in [5.74, 6) is 0.567. The lowest BCUT2D eigenvalue weighted by Gasteiger charge is -2.02. The number of hydrogen-bond donors (Lipinski definition) is 0. The van der Waals surface area contributed by atoms with E-state index in [2.05, 4.69) is 5.16 Å². The van der Waals surface area contributed by atoms with Crippen LogP contribution in [0.15, 0.2) is 27.5 Å². The van der Waals surface area contributed by atoms with Crippen LogP contribution in [-0.2, 0) is 0 Å². The molecule has 0 spiro atoms. The lowest BCUT2D eigenvalue weighted by molar-refractivity contribution is -0.587. The van der Waals surface area contributed by atoms with E-state index in [1.807, 2.05) is 35.0 Å². The Balaban J connectivity index is 2.78. The molecule has 0 aliphatic rings. The van der Waals surface area contributed by atoms with Crippen LogP contribution in [0.2, 0.25) is 5.02 Å². The minimum absolute atomic E-state index is 0.0992. The quantitative estimate of drug-likeness (QED) is 0.578. The van der Waals surface area contributed by atoms with Crippen LogP contribution in [0.4, 0.5) is 0 Å². The number of H-pyrrole nitrogens is 1. The van der Waals surface area contributed by atoms with Gasteiger partial charge in [-0.25, -0.2) is 7.30 Å². The molecule has 86 valence electrons. The highest BCUT2D eigenvalue weighted by molar-refractivity contribution is 14.1. The molecule has 3 aromatic rings. The Morgan fingerprint density at radius 3 is 2.94 bits per heavy atom.